The van der Waals surface area contributed by atoms with Crippen LogP contribution in [0.25, 0.3) is 0 Å². The molecule has 6 nitrogen and oxygen atoms in total. The van der Waals surface area contributed by atoms with Gasteiger partial charge in [0.25, 0.3) is 5.69 Å². The van der Waals surface area contributed by atoms with Crippen molar-refractivity contribution < 1.29 is 9.66 Å². The smallest absolute Gasteiger partial charge is 0.276 e. The minimum Gasteiger partial charge on any atom is -0.376 e. The van der Waals surface area contributed by atoms with Crippen LogP contribution in [0.4, 0.5) is 11.5 Å². The van der Waals surface area contributed by atoms with E-state index in [0.717, 1.165) is 6.42 Å². The van der Waals surface area contributed by atoms with Crippen LogP contribution in [0, 0.1) is 10.1 Å². The lowest BCUT2D eigenvalue weighted by atomic mass is 10.1. The predicted octanol–water partition coefficient (Wildman–Crippen LogP) is 2.26. The zero-order chi connectivity index (χ0) is 13.3. The minimum absolute atomic E-state index is 0.0524. The highest BCUT2D eigenvalue weighted by Crippen LogP contribution is 2.27. The van der Waals surface area contributed by atoms with Crippen LogP contribution in [-0.2, 0) is 4.74 Å². The number of hydrogen-bond acceptors (Lipinski definition) is 5. The molecular weight excluding hydrogens is 258 g/mol. The molecule has 1 aromatic rings. The number of nitro groups is 1. The Balaban J connectivity index is 2.29. The van der Waals surface area contributed by atoms with Gasteiger partial charge in [-0.3, -0.25) is 10.1 Å². The van der Waals surface area contributed by atoms with Crippen molar-refractivity contribution >= 4 is 23.1 Å². The molecule has 2 unspecified atom stereocenters. The number of pyridine rings is 1. The van der Waals surface area contributed by atoms with Crippen LogP contribution in [0.15, 0.2) is 12.1 Å². The number of aromatic nitrogens is 1. The Morgan fingerprint density at radius 1 is 1.61 bits per heavy atom. The fourth-order valence-corrected chi connectivity index (χ4v) is 2.35. The molecule has 0 aliphatic carbocycles. The van der Waals surface area contributed by atoms with E-state index in [-0.39, 0.29) is 23.0 Å². The molecule has 7 heteroatoms. The summed E-state index contributed by atoms with van der Waals surface area (Å²) >= 11 is 5.81. The lowest BCUT2D eigenvalue weighted by Crippen LogP contribution is -2.37. The largest absolute Gasteiger partial charge is 0.376 e. The predicted molar refractivity (Wildman–Crippen MR) is 68.1 cm³/mol. The van der Waals surface area contributed by atoms with Crippen molar-refractivity contribution in [3.05, 3.63) is 27.4 Å². The van der Waals surface area contributed by atoms with Gasteiger partial charge in [0.05, 0.1) is 29.2 Å². The van der Waals surface area contributed by atoms with Gasteiger partial charge in [-0.05, 0) is 13.3 Å². The van der Waals surface area contributed by atoms with Crippen molar-refractivity contribution in [2.75, 3.05) is 18.6 Å². The van der Waals surface area contributed by atoms with Crippen molar-refractivity contribution in [3.8, 4) is 0 Å². The van der Waals surface area contributed by atoms with Gasteiger partial charge >= 0.3 is 0 Å². The van der Waals surface area contributed by atoms with Gasteiger partial charge in [0.1, 0.15) is 11.0 Å². The molecule has 2 heterocycles. The van der Waals surface area contributed by atoms with Crippen LogP contribution in [-0.4, -0.2) is 35.7 Å². The topological polar surface area (TPSA) is 68.5 Å². The first-order chi connectivity index (χ1) is 8.49. The van der Waals surface area contributed by atoms with Crippen LogP contribution in [0.1, 0.15) is 13.3 Å². The summed E-state index contributed by atoms with van der Waals surface area (Å²) in [7, 11) is 1.85. The van der Waals surface area contributed by atoms with E-state index in [2.05, 4.69) is 4.98 Å². The second-order valence-electron chi connectivity index (χ2n) is 4.31. The summed E-state index contributed by atoms with van der Waals surface area (Å²) in [4.78, 5) is 16.3. The number of ether oxygens (including phenoxy) is 1. The van der Waals surface area contributed by atoms with Gasteiger partial charge in [-0.1, -0.05) is 11.6 Å². The first-order valence-electron chi connectivity index (χ1n) is 5.65. The fourth-order valence-electron chi connectivity index (χ4n) is 2.15. The number of hydrogen-bond donors (Lipinski definition) is 0. The van der Waals surface area contributed by atoms with E-state index in [1.165, 1.54) is 12.1 Å². The molecule has 0 radical (unpaired) electrons. The molecule has 2 atom stereocenters. The first kappa shape index (κ1) is 13.0. The summed E-state index contributed by atoms with van der Waals surface area (Å²) in [6.07, 6.45) is 0.953. The summed E-state index contributed by atoms with van der Waals surface area (Å²) in [6.45, 7) is 2.67. The van der Waals surface area contributed by atoms with Crippen molar-refractivity contribution in [2.45, 2.75) is 25.5 Å². The molecule has 0 amide bonds. The molecule has 0 N–H and O–H groups in total. The molecular formula is C11H14ClN3O3. The second kappa shape index (κ2) is 5.07. The Hall–Kier alpha value is -1.40. The molecule has 1 aliphatic heterocycles. The first-order valence-corrected chi connectivity index (χ1v) is 6.03. The van der Waals surface area contributed by atoms with E-state index in [1.54, 1.807) is 0 Å². The Morgan fingerprint density at radius 2 is 2.33 bits per heavy atom. The summed E-state index contributed by atoms with van der Waals surface area (Å²) in [5, 5.41) is 10.9. The number of nitrogens with zero attached hydrogens (tertiary/aromatic N) is 3. The maximum Gasteiger partial charge on any atom is 0.276 e. The average Bonchev–Trinajstić information content (AvgIpc) is 2.73. The Labute approximate surface area is 110 Å². The maximum absolute atomic E-state index is 10.8. The van der Waals surface area contributed by atoms with E-state index in [0.29, 0.717) is 12.4 Å². The highest BCUT2D eigenvalue weighted by atomic mass is 35.5. The van der Waals surface area contributed by atoms with E-state index in [4.69, 9.17) is 16.3 Å². The van der Waals surface area contributed by atoms with Crippen LogP contribution in [0.5, 0.6) is 0 Å². The zero-order valence-corrected chi connectivity index (χ0v) is 10.9. The standard InChI is InChI=1S/C11H14ClN3O3/c1-7-9(3-4-18-7)14(2)11-6-8(15(16)17)5-10(12)13-11/h5-7,9H,3-4H2,1-2H3. The number of likely N-dealkylation sites (N-methyl/N-ethyl adjacent to an activating group) is 1. The molecule has 2 rings (SSSR count). The van der Waals surface area contributed by atoms with Gasteiger partial charge < -0.3 is 9.64 Å². The highest BCUT2D eigenvalue weighted by molar-refractivity contribution is 6.29. The van der Waals surface area contributed by atoms with Crippen LogP contribution >= 0.6 is 11.6 Å². The van der Waals surface area contributed by atoms with Crippen molar-refractivity contribution in [3.63, 3.8) is 0 Å². The normalized spacial score (nSPS) is 23.1. The van der Waals surface area contributed by atoms with Gasteiger partial charge in [-0.2, -0.15) is 0 Å². The zero-order valence-electron chi connectivity index (χ0n) is 10.2. The van der Waals surface area contributed by atoms with Crippen LogP contribution in [0.2, 0.25) is 5.15 Å². The van der Waals surface area contributed by atoms with Gasteiger partial charge in [0, 0.05) is 13.7 Å². The molecule has 18 heavy (non-hydrogen) atoms. The summed E-state index contributed by atoms with van der Waals surface area (Å²) in [6, 6.07) is 2.83. The van der Waals surface area contributed by atoms with E-state index in [9.17, 15) is 10.1 Å². The van der Waals surface area contributed by atoms with E-state index < -0.39 is 4.92 Å². The number of halogens is 1. The third kappa shape index (κ3) is 2.54. The monoisotopic (exact) mass is 271 g/mol. The van der Waals surface area contributed by atoms with E-state index >= 15 is 0 Å². The summed E-state index contributed by atoms with van der Waals surface area (Å²) in [5.74, 6) is 0.497. The molecule has 1 aliphatic rings. The number of anilines is 1. The van der Waals surface area contributed by atoms with Crippen molar-refractivity contribution in [1.29, 1.82) is 0 Å². The molecule has 0 aromatic carbocycles. The third-order valence-corrected chi connectivity index (χ3v) is 3.36. The van der Waals surface area contributed by atoms with Crippen LogP contribution in [0.3, 0.4) is 0 Å². The quantitative estimate of drug-likeness (QED) is 0.479. The Kier molecular flexibility index (Phi) is 3.68. The van der Waals surface area contributed by atoms with Gasteiger partial charge in [0.15, 0.2) is 0 Å². The molecule has 1 aromatic heterocycles. The minimum atomic E-state index is -0.473. The third-order valence-electron chi connectivity index (χ3n) is 3.17. The van der Waals surface area contributed by atoms with Crippen LogP contribution < -0.4 is 4.90 Å². The maximum atomic E-state index is 10.8. The Bertz CT molecular complexity index is 469. The average molecular weight is 272 g/mol. The molecule has 0 saturated carbocycles. The molecule has 1 saturated heterocycles. The SMILES string of the molecule is CC1OCCC1N(C)c1cc([N+](=O)[O-])cc(Cl)n1. The summed E-state index contributed by atoms with van der Waals surface area (Å²) in [5.41, 5.74) is -0.0524. The Morgan fingerprint density at radius 3 is 2.89 bits per heavy atom. The number of rotatable bonds is 3. The van der Waals surface area contributed by atoms with Crippen molar-refractivity contribution in [2.24, 2.45) is 0 Å². The lowest BCUT2D eigenvalue weighted by Gasteiger charge is -2.27. The van der Waals surface area contributed by atoms with Gasteiger partial charge in [-0.15, -0.1) is 0 Å². The second-order valence-corrected chi connectivity index (χ2v) is 4.69. The molecule has 98 valence electrons. The van der Waals surface area contributed by atoms with E-state index in [1.807, 2.05) is 18.9 Å². The van der Waals surface area contributed by atoms with Crippen molar-refractivity contribution in [1.82, 2.24) is 4.98 Å². The molecule has 0 spiro atoms. The summed E-state index contributed by atoms with van der Waals surface area (Å²) < 4.78 is 5.48. The highest BCUT2D eigenvalue weighted by Gasteiger charge is 2.29. The van der Waals surface area contributed by atoms with Gasteiger partial charge in [0.2, 0.25) is 0 Å². The fraction of sp³-hybridized carbons (Fsp3) is 0.545. The lowest BCUT2D eigenvalue weighted by molar-refractivity contribution is -0.384. The van der Waals surface area contributed by atoms with Gasteiger partial charge in [-0.25, -0.2) is 4.98 Å². The molecule has 1 fully saturated rings. The molecule has 0 bridgehead atoms.